The van der Waals surface area contributed by atoms with Crippen LogP contribution in [0.1, 0.15) is 41.0 Å². The van der Waals surface area contributed by atoms with E-state index in [1.165, 1.54) is 18.6 Å². The zero-order valence-corrected chi connectivity index (χ0v) is 13.2. The molecule has 0 unspecified atom stereocenters. The Hall–Kier alpha value is -2.76. The molecule has 0 aliphatic carbocycles. The number of carbonyl (C=O) groups is 2. The Bertz CT molecular complexity index is 633. The van der Waals surface area contributed by atoms with Gasteiger partial charge in [0, 0.05) is 5.56 Å². The van der Waals surface area contributed by atoms with Crippen molar-refractivity contribution in [3.63, 3.8) is 0 Å². The zero-order valence-electron chi connectivity index (χ0n) is 13.2. The van der Waals surface area contributed by atoms with Crippen molar-refractivity contribution < 1.29 is 18.7 Å². The van der Waals surface area contributed by atoms with Crippen LogP contribution in [-0.4, -0.2) is 18.4 Å². The van der Waals surface area contributed by atoms with Crippen LogP contribution in [0.4, 0.5) is 0 Å². The molecule has 23 heavy (non-hydrogen) atoms. The summed E-state index contributed by atoms with van der Waals surface area (Å²) in [5.74, 6) is 0.444. The van der Waals surface area contributed by atoms with Gasteiger partial charge in [-0.25, -0.2) is 0 Å². The van der Waals surface area contributed by atoms with Gasteiger partial charge in [-0.1, -0.05) is 13.8 Å². The topological polar surface area (TPSA) is 80.6 Å². The summed E-state index contributed by atoms with van der Waals surface area (Å²) >= 11 is 0. The summed E-state index contributed by atoms with van der Waals surface area (Å²) in [5, 5.41) is 0. The minimum atomic E-state index is -0.444. The van der Waals surface area contributed by atoms with Crippen LogP contribution in [0.25, 0.3) is 0 Å². The third-order valence-electron chi connectivity index (χ3n) is 3.15. The molecule has 0 fully saturated rings. The Morgan fingerprint density at radius 1 is 1.04 bits per heavy atom. The van der Waals surface area contributed by atoms with Crippen molar-refractivity contribution >= 4 is 11.8 Å². The second kappa shape index (κ2) is 8.03. The predicted molar refractivity (Wildman–Crippen MR) is 85.0 cm³/mol. The number of hydrogen-bond donors (Lipinski definition) is 2. The molecule has 0 bridgehead atoms. The summed E-state index contributed by atoms with van der Waals surface area (Å²) in [7, 11) is 0. The average molecular weight is 316 g/mol. The predicted octanol–water partition coefficient (Wildman–Crippen LogP) is 2.78. The van der Waals surface area contributed by atoms with Crippen LogP contribution < -0.4 is 15.6 Å². The molecule has 1 aromatic heterocycles. The summed E-state index contributed by atoms with van der Waals surface area (Å²) in [6.07, 6.45) is 3.65. The number of rotatable bonds is 6. The van der Waals surface area contributed by atoms with Crippen molar-refractivity contribution in [3.8, 4) is 5.75 Å². The largest absolute Gasteiger partial charge is 0.494 e. The highest BCUT2D eigenvalue weighted by molar-refractivity contribution is 5.98. The van der Waals surface area contributed by atoms with Crippen LogP contribution in [0.3, 0.4) is 0 Å². The molecule has 0 saturated carbocycles. The standard InChI is InChI=1S/C17H20N2O4/c1-12(2)7-10-23-15-5-3-13(4-6-15)16(20)18-19-17(21)14-8-9-22-11-14/h3-6,8-9,11-12H,7,10H2,1-2H3,(H,18,20)(H,19,21). The molecule has 122 valence electrons. The molecule has 6 heteroatoms. The van der Waals surface area contributed by atoms with E-state index in [9.17, 15) is 9.59 Å². The third-order valence-corrected chi connectivity index (χ3v) is 3.15. The number of amides is 2. The Kier molecular flexibility index (Phi) is 5.80. The molecule has 6 nitrogen and oxygen atoms in total. The average Bonchev–Trinajstić information content (AvgIpc) is 3.07. The minimum absolute atomic E-state index is 0.333. The number of hydrogen-bond acceptors (Lipinski definition) is 4. The lowest BCUT2D eigenvalue weighted by Crippen LogP contribution is -2.41. The molecule has 0 saturated heterocycles. The quantitative estimate of drug-likeness (QED) is 0.803. The lowest BCUT2D eigenvalue weighted by Gasteiger charge is -2.09. The second-order valence-electron chi connectivity index (χ2n) is 5.48. The maximum atomic E-state index is 11.9. The van der Waals surface area contributed by atoms with E-state index in [1.807, 2.05) is 0 Å². The van der Waals surface area contributed by atoms with Crippen molar-refractivity contribution in [3.05, 3.63) is 54.0 Å². The molecule has 0 aliphatic heterocycles. The smallest absolute Gasteiger partial charge is 0.272 e. The minimum Gasteiger partial charge on any atom is -0.494 e. The first-order valence-electron chi connectivity index (χ1n) is 7.42. The molecule has 2 amide bonds. The highest BCUT2D eigenvalue weighted by Gasteiger charge is 2.10. The molecule has 2 rings (SSSR count). The molecule has 0 spiro atoms. The molecular weight excluding hydrogens is 296 g/mol. The van der Waals surface area contributed by atoms with Crippen LogP contribution in [0, 0.1) is 5.92 Å². The van der Waals surface area contributed by atoms with Crippen LogP contribution >= 0.6 is 0 Å². The summed E-state index contributed by atoms with van der Waals surface area (Å²) in [6.45, 7) is 4.91. The number of benzene rings is 1. The van der Waals surface area contributed by atoms with Crippen molar-refractivity contribution in [2.75, 3.05) is 6.61 Å². The second-order valence-corrected chi connectivity index (χ2v) is 5.48. The molecule has 2 N–H and O–H groups in total. The van der Waals surface area contributed by atoms with Crippen molar-refractivity contribution in [2.45, 2.75) is 20.3 Å². The van der Waals surface area contributed by atoms with Gasteiger partial charge in [0.05, 0.1) is 18.4 Å². The third kappa shape index (κ3) is 5.18. The molecule has 0 radical (unpaired) electrons. The van der Waals surface area contributed by atoms with Gasteiger partial charge in [-0.05, 0) is 42.7 Å². The maximum absolute atomic E-state index is 11.9. The fourth-order valence-electron chi connectivity index (χ4n) is 1.77. The van der Waals surface area contributed by atoms with Gasteiger partial charge in [-0.2, -0.15) is 0 Å². The Morgan fingerprint density at radius 2 is 1.70 bits per heavy atom. The van der Waals surface area contributed by atoms with Crippen LogP contribution in [0.15, 0.2) is 47.3 Å². The molecule has 1 heterocycles. The zero-order chi connectivity index (χ0) is 16.7. The van der Waals surface area contributed by atoms with Gasteiger partial charge in [0.15, 0.2) is 0 Å². The fraction of sp³-hybridized carbons (Fsp3) is 0.294. The molecule has 2 aromatic rings. The van der Waals surface area contributed by atoms with E-state index in [4.69, 9.17) is 9.15 Å². The van der Waals surface area contributed by atoms with E-state index in [-0.39, 0.29) is 0 Å². The van der Waals surface area contributed by atoms with Gasteiger partial charge in [-0.15, -0.1) is 0 Å². The SMILES string of the molecule is CC(C)CCOc1ccc(C(=O)NNC(=O)c2ccoc2)cc1. The van der Waals surface area contributed by atoms with Crippen molar-refractivity contribution in [1.29, 1.82) is 0 Å². The van der Waals surface area contributed by atoms with E-state index in [0.29, 0.717) is 29.4 Å². The summed E-state index contributed by atoms with van der Waals surface area (Å²) in [6, 6.07) is 8.25. The van der Waals surface area contributed by atoms with E-state index in [1.54, 1.807) is 24.3 Å². The van der Waals surface area contributed by atoms with Crippen LogP contribution in [-0.2, 0) is 0 Å². The lowest BCUT2D eigenvalue weighted by molar-refractivity contribution is 0.0846. The maximum Gasteiger partial charge on any atom is 0.272 e. The van der Waals surface area contributed by atoms with E-state index >= 15 is 0 Å². The number of hydrazine groups is 1. The summed E-state index contributed by atoms with van der Waals surface area (Å²) in [4.78, 5) is 23.6. The number of ether oxygens (including phenoxy) is 1. The van der Waals surface area contributed by atoms with Gasteiger partial charge < -0.3 is 9.15 Å². The van der Waals surface area contributed by atoms with Gasteiger partial charge in [0.2, 0.25) is 0 Å². The number of carbonyl (C=O) groups excluding carboxylic acids is 2. The number of nitrogens with one attached hydrogen (secondary N) is 2. The molecule has 1 aromatic carbocycles. The highest BCUT2D eigenvalue weighted by atomic mass is 16.5. The Labute approximate surface area is 134 Å². The lowest BCUT2D eigenvalue weighted by atomic mass is 10.1. The molecular formula is C17H20N2O4. The van der Waals surface area contributed by atoms with Gasteiger partial charge in [0.1, 0.15) is 12.0 Å². The van der Waals surface area contributed by atoms with Crippen LogP contribution in [0.2, 0.25) is 0 Å². The highest BCUT2D eigenvalue weighted by Crippen LogP contribution is 2.13. The first kappa shape index (κ1) is 16.6. The monoisotopic (exact) mass is 316 g/mol. The van der Waals surface area contributed by atoms with Crippen molar-refractivity contribution in [2.24, 2.45) is 5.92 Å². The summed E-state index contributed by atoms with van der Waals surface area (Å²) < 4.78 is 10.4. The number of furan rings is 1. The Morgan fingerprint density at radius 3 is 2.26 bits per heavy atom. The van der Waals surface area contributed by atoms with E-state index in [0.717, 1.165) is 6.42 Å². The first-order valence-corrected chi connectivity index (χ1v) is 7.42. The Balaban J connectivity index is 1.81. The normalized spacial score (nSPS) is 10.4. The van der Waals surface area contributed by atoms with Gasteiger partial charge >= 0.3 is 0 Å². The van der Waals surface area contributed by atoms with Crippen molar-refractivity contribution in [1.82, 2.24) is 10.9 Å². The summed E-state index contributed by atoms with van der Waals surface area (Å²) in [5.41, 5.74) is 5.42. The molecule has 0 aliphatic rings. The van der Waals surface area contributed by atoms with Crippen LogP contribution in [0.5, 0.6) is 5.75 Å². The fourth-order valence-corrected chi connectivity index (χ4v) is 1.77. The van der Waals surface area contributed by atoms with Gasteiger partial charge in [0.25, 0.3) is 11.8 Å². The van der Waals surface area contributed by atoms with Gasteiger partial charge in [-0.3, -0.25) is 20.4 Å². The molecule has 0 atom stereocenters. The first-order chi connectivity index (χ1) is 11.1. The van der Waals surface area contributed by atoms with E-state index in [2.05, 4.69) is 24.7 Å². The van der Waals surface area contributed by atoms with E-state index < -0.39 is 11.8 Å².